The SMILES string of the molecule is CCC(C)CCCCCCCCCCCCC(=O)O[C@H](COC(=O)CCCCCCCCC(C)CC)COP(=O)(O)OC[C@H](O)COP(=O)(O)OC[C@@H](COC(=O)CCCCCCCCCCCCCCCC(C)C)OC(=O)CCCCCCCCC(C)CC. The van der Waals surface area contributed by atoms with Crippen LogP contribution < -0.4 is 0 Å². The fourth-order valence-corrected chi connectivity index (χ4v) is 12.1. The Labute approximate surface area is 549 Å². The van der Waals surface area contributed by atoms with Gasteiger partial charge in [0.1, 0.15) is 19.3 Å². The molecule has 0 aliphatic heterocycles. The second-order valence-electron chi connectivity index (χ2n) is 26.8. The van der Waals surface area contributed by atoms with Crippen molar-refractivity contribution in [1.29, 1.82) is 0 Å². The van der Waals surface area contributed by atoms with Crippen LogP contribution in [-0.4, -0.2) is 96.7 Å². The first kappa shape index (κ1) is 88.1. The molecule has 17 nitrogen and oxygen atoms in total. The first-order chi connectivity index (χ1) is 43.2. The van der Waals surface area contributed by atoms with E-state index in [1.807, 2.05) is 0 Å². The molecule has 0 radical (unpaired) electrons. The molecule has 0 aromatic rings. The Morgan fingerprint density at radius 3 is 0.789 bits per heavy atom. The monoisotopic (exact) mass is 1320 g/mol. The Morgan fingerprint density at radius 1 is 0.311 bits per heavy atom. The number of ether oxygens (including phenoxy) is 4. The molecule has 0 aliphatic carbocycles. The van der Waals surface area contributed by atoms with Gasteiger partial charge in [-0.15, -0.1) is 0 Å². The summed E-state index contributed by atoms with van der Waals surface area (Å²) < 4.78 is 68.3. The van der Waals surface area contributed by atoms with Gasteiger partial charge in [0.25, 0.3) is 0 Å². The Bertz CT molecular complexity index is 1790. The summed E-state index contributed by atoms with van der Waals surface area (Å²) in [5.74, 6) is 0.914. The summed E-state index contributed by atoms with van der Waals surface area (Å²) in [5.41, 5.74) is 0. The van der Waals surface area contributed by atoms with Gasteiger partial charge in [-0.1, -0.05) is 299 Å². The van der Waals surface area contributed by atoms with E-state index in [-0.39, 0.29) is 25.7 Å². The van der Waals surface area contributed by atoms with E-state index in [1.165, 1.54) is 148 Å². The summed E-state index contributed by atoms with van der Waals surface area (Å²) in [6, 6.07) is 0. The van der Waals surface area contributed by atoms with E-state index < -0.39 is 97.5 Å². The Morgan fingerprint density at radius 2 is 0.533 bits per heavy atom. The average molecular weight is 1330 g/mol. The lowest BCUT2D eigenvalue weighted by Crippen LogP contribution is -2.30. The van der Waals surface area contributed by atoms with Gasteiger partial charge in [-0.3, -0.25) is 37.3 Å². The fourth-order valence-electron chi connectivity index (χ4n) is 10.6. The molecule has 0 rings (SSSR count). The van der Waals surface area contributed by atoms with Crippen molar-refractivity contribution in [3.8, 4) is 0 Å². The summed E-state index contributed by atoms with van der Waals surface area (Å²) >= 11 is 0. The molecular weight excluding hydrogens is 1190 g/mol. The first-order valence-corrected chi connectivity index (χ1v) is 39.8. The van der Waals surface area contributed by atoms with E-state index in [4.69, 9.17) is 37.0 Å². The molecule has 0 aromatic heterocycles. The van der Waals surface area contributed by atoms with Crippen LogP contribution in [0.15, 0.2) is 0 Å². The van der Waals surface area contributed by atoms with Crippen molar-refractivity contribution in [2.24, 2.45) is 23.7 Å². The highest BCUT2D eigenvalue weighted by Gasteiger charge is 2.30. The van der Waals surface area contributed by atoms with E-state index in [1.54, 1.807) is 0 Å². The molecule has 19 heteroatoms. The number of phosphoric ester groups is 2. The summed E-state index contributed by atoms with van der Waals surface area (Å²) in [5, 5.41) is 10.6. The van der Waals surface area contributed by atoms with E-state index in [2.05, 4.69) is 55.4 Å². The second kappa shape index (κ2) is 60.7. The van der Waals surface area contributed by atoms with Crippen LogP contribution in [0.25, 0.3) is 0 Å². The van der Waals surface area contributed by atoms with Gasteiger partial charge in [0.05, 0.1) is 26.4 Å². The van der Waals surface area contributed by atoms with Crippen LogP contribution in [0.4, 0.5) is 0 Å². The molecule has 0 saturated heterocycles. The number of aliphatic hydroxyl groups excluding tert-OH is 1. The highest BCUT2D eigenvalue weighted by molar-refractivity contribution is 7.47. The van der Waals surface area contributed by atoms with Crippen molar-refractivity contribution in [2.45, 2.75) is 369 Å². The molecule has 3 N–H and O–H groups in total. The molecule has 0 saturated carbocycles. The highest BCUT2D eigenvalue weighted by atomic mass is 31.2. The summed E-state index contributed by atoms with van der Waals surface area (Å²) in [7, 11) is -9.90. The molecule has 0 spiro atoms. The minimum absolute atomic E-state index is 0.103. The van der Waals surface area contributed by atoms with Gasteiger partial charge in [-0.05, 0) is 49.4 Å². The number of carbonyl (C=O) groups is 4. The molecular formula is C71H138O17P2. The van der Waals surface area contributed by atoms with Crippen molar-refractivity contribution in [3.05, 3.63) is 0 Å². The number of hydrogen-bond acceptors (Lipinski definition) is 15. The minimum atomic E-state index is -4.95. The zero-order valence-corrected chi connectivity index (χ0v) is 60.6. The van der Waals surface area contributed by atoms with Gasteiger partial charge in [0, 0.05) is 25.7 Å². The number of phosphoric acid groups is 2. The van der Waals surface area contributed by atoms with Crippen LogP contribution >= 0.6 is 15.6 Å². The third kappa shape index (κ3) is 61.0. The topological polar surface area (TPSA) is 237 Å². The standard InChI is InChI=1S/C71H138O17P2/c1-9-62(6)48-40-32-24-20-17-18-22-26-37-45-53-70(75)87-66(58-82-69(74)52-44-36-29-27-33-41-49-63(7)10-2)59-85-89(77,78)83-55-65(72)56-84-90(79,80)86-60-67(88-71(76)54-46-38-30-28-34-42-50-64(8)11-3)57-81-68(73)51-43-35-25-21-16-14-12-13-15-19-23-31-39-47-61(4)5/h61-67,72H,9-60H2,1-8H3,(H,77,78)(H,79,80)/t62?,63?,64?,65-,66+,67+/m0/s1. The zero-order chi connectivity index (χ0) is 66.8. The molecule has 0 amide bonds. The highest BCUT2D eigenvalue weighted by Crippen LogP contribution is 2.45. The number of aliphatic hydroxyl groups is 1. The number of unbranched alkanes of at least 4 members (excludes halogenated alkanes) is 31. The van der Waals surface area contributed by atoms with E-state index in [9.17, 15) is 43.2 Å². The molecule has 0 heterocycles. The molecule has 0 aliphatic rings. The van der Waals surface area contributed by atoms with Crippen LogP contribution in [0.1, 0.15) is 351 Å². The van der Waals surface area contributed by atoms with E-state index in [0.29, 0.717) is 25.7 Å². The van der Waals surface area contributed by atoms with E-state index >= 15 is 0 Å². The van der Waals surface area contributed by atoms with Gasteiger partial charge in [-0.25, -0.2) is 9.13 Å². The second-order valence-corrected chi connectivity index (χ2v) is 29.7. The predicted octanol–water partition coefficient (Wildman–Crippen LogP) is 20.1. The summed E-state index contributed by atoms with van der Waals surface area (Å²) in [4.78, 5) is 72.6. The number of esters is 4. The Kier molecular flexibility index (Phi) is 59.4. The summed E-state index contributed by atoms with van der Waals surface area (Å²) in [6.45, 7) is 14.1. The van der Waals surface area contributed by atoms with Gasteiger partial charge >= 0.3 is 39.5 Å². The van der Waals surface area contributed by atoms with Crippen LogP contribution in [-0.2, 0) is 65.4 Å². The zero-order valence-electron chi connectivity index (χ0n) is 58.8. The van der Waals surface area contributed by atoms with Crippen molar-refractivity contribution < 1.29 is 80.2 Å². The molecule has 0 aromatic carbocycles. The van der Waals surface area contributed by atoms with Crippen LogP contribution in [0.2, 0.25) is 0 Å². The van der Waals surface area contributed by atoms with Crippen molar-refractivity contribution in [1.82, 2.24) is 0 Å². The minimum Gasteiger partial charge on any atom is -0.462 e. The van der Waals surface area contributed by atoms with E-state index in [0.717, 1.165) is 120 Å². The maximum absolute atomic E-state index is 13.0. The number of rotatable bonds is 68. The summed E-state index contributed by atoms with van der Waals surface area (Å²) in [6.07, 6.45) is 43.0. The quantitative estimate of drug-likeness (QED) is 0.0222. The predicted molar refractivity (Wildman–Crippen MR) is 363 cm³/mol. The number of hydrogen-bond donors (Lipinski definition) is 3. The lowest BCUT2D eigenvalue weighted by atomic mass is 9.99. The molecule has 5 unspecified atom stereocenters. The van der Waals surface area contributed by atoms with Gasteiger partial charge in [0.15, 0.2) is 12.2 Å². The van der Waals surface area contributed by atoms with Crippen molar-refractivity contribution >= 4 is 39.5 Å². The van der Waals surface area contributed by atoms with Crippen molar-refractivity contribution in [3.63, 3.8) is 0 Å². The molecule has 0 bridgehead atoms. The maximum Gasteiger partial charge on any atom is 0.472 e. The lowest BCUT2D eigenvalue weighted by molar-refractivity contribution is -0.161. The lowest BCUT2D eigenvalue weighted by Gasteiger charge is -2.21. The largest absolute Gasteiger partial charge is 0.472 e. The fraction of sp³-hybridized carbons (Fsp3) is 0.944. The van der Waals surface area contributed by atoms with Gasteiger partial charge in [0.2, 0.25) is 0 Å². The molecule has 8 atom stereocenters. The molecule has 534 valence electrons. The maximum atomic E-state index is 13.0. The van der Waals surface area contributed by atoms with Crippen molar-refractivity contribution in [2.75, 3.05) is 39.6 Å². The van der Waals surface area contributed by atoms with Crippen LogP contribution in [0.5, 0.6) is 0 Å². The smallest absolute Gasteiger partial charge is 0.462 e. The Balaban J connectivity index is 5.23. The van der Waals surface area contributed by atoms with Gasteiger partial charge < -0.3 is 33.8 Å². The third-order valence-electron chi connectivity index (χ3n) is 17.4. The van der Waals surface area contributed by atoms with Crippen LogP contribution in [0, 0.1) is 23.7 Å². The molecule has 0 fully saturated rings. The normalized spacial score (nSPS) is 15.2. The third-order valence-corrected chi connectivity index (χ3v) is 19.3. The first-order valence-electron chi connectivity index (χ1n) is 36.8. The van der Waals surface area contributed by atoms with Gasteiger partial charge in [-0.2, -0.15) is 0 Å². The Hall–Kier alpha value is -1.94. The average Bonchev–Trinajstić information content (AvgIpc) is 3.56. The molecule has 90 heavy (non-hydrogen) atoms. The number of carbonyl (C=O) groups excluding carboxylic acids is 4. The van der Waals surface area contributed by atoms with Crippen LogP contribution in [0.3, 0.4) is 0 Å².